The molecule has 0 amide bonds. The molecule has 30 atom stereocenters. The minimum atomic E-state index is -1.68. The van der Waals surface area contributed by atoms with Crippen LogP contribution in [0.3, 0.4) is 0 Å². The van der Waals surface area contributed by atoms with Gasteiger partial charge in [-0.25, -0.2) is 0 Å². The minimum absolute atomic E-state index is 0.0310. The van der Waals surface area contributed by atoms with Crippen LogP contribution in [-0.4, -0.2) is 217 Å². The Labute approximate surface area is 557 Å². The maximum Gasteiger partial charge on any atom is 0.186 e. The van der Waals surface area contributed by atoms with Crippen LogP contribution in [0.1, 0.15) is 78.0 Å². The van der Waals surface area contributed by atoms with E-state index in [0.29, 0.717) is 12.8 Å². The number of aliphatic hydroxyl groups excluding tert-OH is 6. The van der Waals surface area contributed by atoms with Crippen molar-refractivity contribution in [2.75, 3.05) is 26.4 Å². The molecule has 6 aliphatic rings. The lowest BCUT2D eigenvalue weighted by Gasteiger charge is -2.51. The van der Waals surface area contributed by atoms with Gasteiger partial charge in [-0.1, -0.05) is 134 Å². The molecule has 526 valence electrons. The summed E-state index contributed by atoms with van der Waals surface area (Å²) in [6, 6.07) is 24.5. The van der Waals surface area contributed by atoms with Crippen molar-refractivity contribution < 1.29 is 102 Å². The van der Waals surface area contributed by atoms with Crippen LogP contribution in [0.2, 0.25) is 0 Å². The first-order chi connectivity index (χ1) is 46.5. The van der Waals surface area contributed by atoms with Crippen molar-refractivity contribution in [3.8, 4) is 12.3 Å². The number of rotatable bonds is 29. The second-order valence-corrected chi connectivity index (χ2v) is 25.3. The summed E-state index contributed by atoms with van der Waals surface area (Å²) in [5.74, 6) is 0.00507. The molecular formula is C66H91N9O21. The molecule has 9 rings (SSSR count). The Bertz CT molecular complexity index is 3050. The van der Waals surface area contributed by atoms with E-state index in [9.17, 15) is 47.2 Å². The fourth-order valence-corrected chi connectivity index (χ4v) is 13.3. The summed E-state index contributed by atoms with van der Waals surface area (Å²) in [6.07, 6.45) is -21.1. The van der Waals surface area contributed by atoms with Gasteiger partial charge in [-0.2, -0.15) is 0 Å². The highest BCUT2D eigenvalue weighted by Gasteiger charge is 2.57. The predicted octanol–water partition coefficient (Wildman–Crippen LogP) is 6.15. The number of terminal acetylenes is 1. The maximum absolute atomic E-state index is 12.5. The Morgan fingerprint density at radius 1 is 0.406 bits per heavy atom. The highest BCUT2D eigenvalue weighted by atomic mass is 16.8. The number of hydrogen-bond donors (Lipinski definition) is 6. The van der Waals surface area contributed by atoms with Crippen molar-refractivity contribution in [2.45, 2.75) is 241 Å². The zero-order valence-electron chi connectivity index (χ0n) is 54.8. The van der Waals surface area contributed by atoms with Crippen molar-refractivity contribution in [3.05, 3.63) is 139 Å². The monoisotopic (exact) mass is 1350 g/mol. The Hall–Kier alpha value is -5.69. The topological polar surface area (TPSA) is 406 Å². The summed E-state index contributed by atoms with van der Waals surface area (Å²) in [6.45, 7) is 10.7. The van der Waals surface area contributed by atoms with Gasteiger partial charge in [0.15, 0.2) is 37.7 Å². The van der Waals surface area contributed by atoms with E-state index in [1.54, 1.807) is 34.6 Å². The van der Waals surface area contributed by atoms with Gasteiger partial charge in [-0.05, 0) is 78.2 Å². The summed E-state index contributed by atoms with van der Waals surface area (Å²) in [5.41, 5.74) is 32.1. The molecule has 6 aliphatic heterocycles. The average molecular weight is 1350 g/mol. The van der Waals surface area contributed by atoms with E-state index >= 15 is 0 Å². The first-order valence-corrected chi connectivity index (χ1v) is 32.7. The molecule has 6 N–H and O–H groups in total. The standard InChI is InChI=1S/C66H91N9O21/c1-9-10-20-27-82-61-47(70-73-67)35(3)53(44(28-76)89-61)93-65-51(80)59(84-32-42-23-16-12-17-24-42)57(39(7)87-65)96-63-49(72-75-69)37(5)55(46(30-78)91-63)94-66-52(81)60(85-33-43-25-18-13-19-26-43)58(40(8)88-66)95-62-48(71-74-68)36(4)54(45(29-77)90-62)92-64-50(79)56(34(2)38(6)86-64)83-31-41-21-14-11-15-22-41/h1,11-19,21-26,34-40,44-66,76-81H,10,20,27-33H2,2-8H3/t34-,35-,36-,37-,38?,39?,40?,44?,45?,46?,47?,48?,49?,50?,51?,52?,53+,54+,55+,56-,57?,58-,59+,60+,61?,62+,63+,64+,65+,66+/m1/s1. The lowest BCUT2D eigenvalue weighted by molar-refractivity contribution is -0.378. The minimum Gasteiger partial charge on any atom is -0.394 e. The molecule has 6 saturated heterocycles. The molecule has 14 unspecified atom stereocenters. The molecule has 0 aromatic heterocycles. The van der Waals surface area contributed by atoms with E-state index in [1.165, 1.54) is 0 Å². The first kappa shape index (κ1) is 74.5. The maximum atomic E-state index is 12.5. The number of benzene rings is 3. The molecule has 30 heteroatoms. The summed E-state index contributed by atoms with van der Waals surface area (Å²) >= 11 is 0. The molecule has 6 fully saturated rings. The molecule has 0 radical (unpaired) electrons. The van der Waals surface area contributed by atoms with Gasteiger partial charge in [0.25, 0.3) is 0 Å². The van der Waals surface area contributed by atoms with Crippen LogP contribution in [-0.2, 0) is 90.9 Å². The summed E-state index contributed by atoms with van der Waals surface area (Å²) in [5, 5.41) is 81.6. The van der Waals surface area contributed by atoms with Crippen molar-refractivity contribution in [2.24, 2.45) is 39.0 Å². The van der Waals surface area contributed by atoms with Gasteiger partial charge in [0.2, 0.25) is 0 Å². The van der Waals surface area contributed by atoms with Gasteiger partial charge in [-0.3, -0.25) is 0 Å². The largest absolute Gasteiger partial charge is 0.394 e. The van der Waals surface area contributed by atoms with Gasteiger partial charge >= 0.3 is 0 Å². The lowest BCUT2D eigenvalue weighted by Crippen LogP contribution is -2.66. The third kappa shape index (κ3) is 17.8. The van der Waals surface area contributed by atoms with Crippen LogP contribution >= 0.6 is 0 Å². The second-order valence-electron chi connectivity index (χ2n) is 25.3. The van der Waals surface area contributed by atoms with Crippen molar-refractivity contribution in [3.63, 3.8) is 0 Å². The first-order valence-electron chi connectivity index (χ1n) is 32.7. The molecule has 3 aromatic carbocycles. The molecule has 3 aromatic rings. The SMILES string of the molecule is C#CCCCOC1OC(CO)[C@@H](O[C@@H]2OC(C)C(O[C@@H]3OC(CO)[C@@H](O[C@@H]4OC(C)[C@@H](O[C@@H]5OC(CO)[C@@H](O[C@@H]6OC(C)[C@@H](C)[C@@H](OCc7ccccc7)C6O)[C@H](C)C5N=[N+]=[N-])[C@@H](OCc5ccccc5)C4O)[C@H](C)C3N=[N+]=[N-])[C@@H](OCc3ccccc3)C2O)[C@H](C)C1N=[N+]=[N-]. The van der Waals surface area contributed by atoms with E-state index in [0.717, 1.165) is 16.7 Å². The molecule has 0 bridgehead atoms. The van der Waals surface area contributed by atoms with Gasteiger partial charge in [0.1, 0.15) is 61.0 Å². The van der Waals surface area contributed by atoms with Gasteiger partial charge < -0.3 is 102 Å². The van der Waals surface area contributed by atoms with Crippen LogP contribution in [0.4, 0.5) is 0 Å². The van der Waals surface area contributed by atoms with E-state index in [4.69, 9.17) is 77.5 Å². The number of unbranched alkanes of at least 4 members (excludes halogenated alkanes) is 1. The van der Waals surface area contributed by atoms with E-state index in [-0.39, 0.29) is 32.3 Å². The number of hydrogen-bond acceptors (Lipinski definition) is 24. The molecule has 0 saturated carbocycles. The van der Waals surface area contributed by atoms with Crippen LogP contribution in [0.25, 0.3) is 31.3 Å². The third-order valence-corrected chi connectivity index (χ3v) is 18.9. The van der Waals surface area contributed by atoms with E-state index < -0.39 is 197 Å². The highest BCUT2D eigenvalue weighted by molar-refractivity contribution is 5.16. The molecule has 0 spiro atoms. The highest BCUT2D eigenvalue weighted by Crippen LogP contribution is 2.42. The Balaban J connectivity index is 0.913. The summed E-state index contributed by atoms with van der Waals surface area (Å²) < 4.78 is 96.5. The summed E-state index contributed by atoms with van der Waals surface area (Å²) in [7, 11) is 0. The smallest absolute Gasteiger partial charge is 0.186 e. The second kappa shape index (κ2) is 35.9. The fourth-order valence-electron chi connectivity index (χ4n) is 13.3. The predicted molar refractivity (Wildman–Crippen MR) is 337 cm³/mol. The van der Waals surface area contributed by atoms with Crippen LogP contribution in [0.5, 0.6) is 0 Å². The van der Waals surface area contributed by atoms with Gasteiger partial charge in [0.05, 0.1) is 107 Å². The zero-order chi connectivity index (χ0) is 68.6. The summed E-state index contributed by atoms with van der Waals surface area (Å²) in [4.78, 5) is 9.31. The quantitative estimate of drug-likeness (QED) is 0.0149. The van der Waals surface area contributed by atoms with E-state index in [2.05, 4.69) is 36.0 Å². The Morgan fingerprint density at radius 2 is 0.729 bits per heavy atom. The van der Waals surface area contributed by atoms with Crippen LogP contribution in [0.15, 0.2) is 106 Å². The number of aliphatic hydroxyl groups is 6. The zero-order valence-corrected chi connectivity index (χ0v) is 54.8. The molecule has 30 nitrogen and oxygen atoms in total. The van der Waals surface area contributed by atoms with Crippen molar-refractivity contribution >= 4 is 0 Å². The van der Waals surface area contributed by atoms with Crippen molar-refractivity contribution in [1.29, 1.82) is 0 Å². The third-order valence-electron chi connectivity index (χ3n) is 18.9. The Morgan fingerprint density at radius 3 is 1.08 bits per heavy atom. The average Bonchev–Trinajstić information content (AvgIpc) is 0.796. The lowest BCUT2D eigenvalue weighted by atomic mass is 9.87. The number of ether oxygens (including phenoxy) is 15. The molecule has 6 heterocycles. The number of nitrogens with zero attached hydrogens (tertiary/aromatic N) is 9. The normalized spacial score (nSPS) is 40.2. The number of azide groups is 3. The van der Waals surface area contributed by atoms with Crippen LogP contribution in [0, 0.1) is 36.0 Å². The Kier molecular flexibility index (Phi) is 27.9. The van der Waals surface area contributed by atoms with E-state index in [1.807, 2.05) is 105 Å². The fraction of sp³-hybridized carbons (Fsp3) is 0.697. The van der Waals surface area contributed by atoms with Gasteiger partial charge in [0, 0.05) is 27.1 Å². The van der Waals surface area contributed by atoms with Crippen LogP contribution < -0.4 is 0 Å². The molecule has 96 heavy (non-hydrogen) atoms. The van der Waals surface area contributed by atoms with Crippen molar-refractivity contribution in [1.82, 2.24) is 0 Å². The molecule has 0 aliphatic carbocycles. The van der Waals surface area contributed by atoms with Gasteiger partial charge in [-0.15, -0.1) is 12.3 Å². The molecular weight excluding hydrogens is 1250 g/mol.